The lowest BCUT2D eigenvalue weighted by atomic mass is 10.2. The van der Waals surface area contributed by atoms with Crippen LogP contribution in [0.3, 0.4) is 0 Å². The predicted molar refractivity (Wildman–Crippen MR) is 125 cm³/mol. The van der Waals surface area contributed by atoms with Gasteiger partial charge in [0.15, 0.2) is 5.65 Å². The molecule has 160 valence electrons. The molecule has 0 spiro atoms. The molecular formula is C24H22N6O2. The third kappa shape index (κ3) is 3.90. The first-order valence-corrected chi connectivity index (χ1v) is 10.5. The van der Waals surface area contributed by atoms with Crippen molar-refractivity contribution in [2.24, 2.45) is 0 Å². The van der Waals surface area contributed by atoms with Crippen LogP contribution in [0, 0.1) is 0 Å². The van der Waals surface area contributed by atoms with Crippen molar-refractivity contribution in [1.29, 1.82) is 0 Å². The first-order chi connectivity index (χ1) is 15.7. The molecule has 4 aromatic rings. The van der Waals surface area contributed by atoms with E-state index in [9.17, 15) is 9.59 Å². The minimum atomic E-state index is -0.413. The number of aromatic nitrogens is 3. The topological polar surface area (TPSA) is 82.8 Å². The van der Waals surface area contributed by atoms with Crippen LogP contribution >= 0.6 is 0 Å². The van der Waals surface area contributed by atoms with Crippen LogP contribution in [0.1, 0.15) is 10.4 Å². The van der Waals surface area contributed by atoms with E-state index in [2.05, 4.69) is 37.3 Å². The van der Waals surface area contributed by atoms with Crippen molar-refractivity contribution < 1.29 is 4.79 Å². The summed E-state index contributed by atoms with van der Waals surface area (Å²) in [5, 5.41) is 7.18. The maximum atomic E-state index is 13.0. The van der Waals surface area contributed by atoms with E-state index in [1.54, 1.807) is 30.3 Å². The van der Waals surface area contributed by atoms with Gasteiger partial charge in [-0.1, -0.05) is 36.4 Å². The molecule has 1 amide bonds. The van der Waals surface area contributed by atoms with Gasteiger partial charge < -0.3 is 15.1 Å². The highest BCUT2D eigenvalue weighted by Crippen LogP contribution is 2.19. The zero-order valence-electron chi connectivity index (χ0n) is 17.4. The van der Waals surface area contributed by atoms with Gasteiger partial charge in [0.25, 0.3) is 11.5 Å². The second-order valence-electron chi connectivity index (χ2n) is 7.57. The van der Waals surface area contributed by atoms with E-state index in [1.165, 1.54) is 16.4 Å². The molecule has 3 heterocycles. The number of carbonyl (C=O) groups excluding carboxylic acids is 1. The number of anilines is 3. The number of para-hydroxylation sites is 1. The van der Waals surface area contributed by atoms with Crippen molar-refractivity contribution >= 4 is 28.7 Å². The van der Waals surface area contributed by atoms with Crippen LogP contribution in [0.25, 0.3) is 5.65 Å². The highest BCUT2D eigenvalue weighted by atomic mass is 16.2. The fourth-order valence-corrected chi connectivity index (χ4v) is 3.82. The molecule has 0 radical (unpaired) electrons. The van der Waals surface area contributed by atoms with Gasteiger partial charge in [-0.05, 0) is 36.4 Å². The summed E-state index contributed by atoms with van der Waals surface area (Å²) in [6.07, 6.45) is 1.37. The van der Waals surface area contributed by atoms with E-state index in [0.717, 1.165) is 26.2 Å². The van der Waals surface area contributed by atoms with Crippen LogP contribution in [-0.2, 0) is 0 Å². The molecule has 1 aliphatic rings. The van der Waals surface area contributed by atoms with Gasteiger partial charge in [0.05, 0.1) is 6.20 Å². The van der Waals surface area contributed by atoms with Crippen LogP contribution in [0.2, 0.25) is 0 Å². The highest BCUT2D eigenvalue weighted by molar-refractivity contribution is 6.04. The molecule has 8 nitrogen and oxygen atoms in total. The summed E-state index contributed by atoms with van der Waals surface area (Å²) in [6, 6.07) is 22.7. The Hall–Kier alpha value is -4.20. The molecule has 2 aromatic heterocycles. The number of carbonyl (C=O) groups is 1. The van der Waals surface area contributed by atoms with E-state index in [1.807, 2.05) is 30.3 Å². The number of amides is 1. The molecule has 0 atom stereocenters. The Balaban J connectivity index is 1.36. The van der Waals surface area contributed by atoms with Crippen molar-refractivity contribution in [2.45, 2.75) is 0 Å². The highest BCUT2D eigenvalue weighted by Gasteiger charge is 2.19. The van der Waals surface area contributed by atoms with Crippen LogP contribution in [0.4, 0.5) is 17.2 Å². The predicted octanol–water partition coefficient (Wildman–Crippen LogP) is 2.67. The van der Waals surface area contributed by atoms with Crippen LogP contribution in [-0.4, -0.2) is 46.7 Å². The maximum absolute atomic E-state index is 13.0. The summed E-state index contributed by atoms with van der Waals surface area (Å²) < 4.78 is 1.25. The summed E-state index contributed by atoms with van der Waals surface area (Å²) in [4.78, 5) is 34.2. The lowest BCUT2D eigenvalue weighted by Crippen LogP contribution is -2.47. The van der Waals surface area contributed by atoms with E-state index in [-0.39, 0.29) is 11.6 Å². The van der Waals surface area contributed by atoms with Gasteiger partial charge in [-0.3, -0.25) is 9.59 Å². The van der Waals surface area contributed by atoms with Crippen LogP contribution in [0.5, 0.6) is 0 Å². The van der Waals surface area contributed by atoms with Gasteiger partial charge in [-0.2, -0.15) is 4.52 Å². The minimum Gasteiger partial charge on any atom is -0.368 e. The molecule has 1 aliphatic heterocycles. The number of rotatable bonds is 4. The smallest absolute Gasteiger partial charge is 0.298 e. The quantitative estimate of drug-likeness (QED) is 0.540. The molecule has 1 saturated heterocycles. The second kappa shape index (κ2) is 8.50. The third-order valence-electron chi connectivity index (χ3n) is 5.56. The number of fused-ring (bicyclic) bond motifs is 1. The van der Waals surface area contributed by atoms with Crippen molar-refractivity contribution in [3.05, 3.63) is 94.9 Å². The van der Waals surface area contributed by atoms with Gasteiger partial charge in [-0.15, -0.1) is 5.10 Å². The molecule has 0 aliphatic carbocycles. The molecule has 32 heavy (non-hydrogen) atoms. The molecule has 1 fully saturated rings. The number of hydrogen-bond acceptors (Lipinski definition) is 6. The normalized spacial score (nSPS) is 13.9. The second-order valence-corrected chi connectivity index (χ2v) is 7.57. The fraction of sp³-hybridized carbons (Fsp3) is 0.167. The Kier molecular flexibility index (Phi) is 5.25. The van der Waals surface area contributed by atoms with E-state index < -0.39 is 5.56 Å². The molecule has 0 saturated carbocycles. The minimum absolute atomic E-state index is 0.0925. The average molecular weight is 426 g/mol. The summed E-state index contributed by atoms with van der Waals surface area (Å²) in [5.41, 5.74) is 1.78. The maximum Gasteiger partial charge on any atom is 0.298 e. The molecule has 0 bridgehead atoms. The summed E-state index contributed by atoms with van der Waals surface area (Å²) in [5.74, 6) is 0.346. The standard InChI is InChI=1S/C24H22N6O2/c31-23(18-7-3-1-4-8-18)26-20-17-25-21-11-12-22(27-30(21)24(20)32)29-15-13-28(14-16-29)19-9-5-2-6-10-19/h1-12,17H,13-16H2,(H,26,31). The lowest BCUT2D eigenvalue weighted by Gasteiger charge is -2.36. The Morgan fingerprint density at radius 3 is 2.19 bits per heavy atom. The first-order valence-electron chi connectivity index (χ1n) is 10.5. The summed E-state index contributed by atoms with van der Waals surface area (Å²) >= 11 is 0. The van der Waals surface area contributed by atoms with Gasteiger partial charge in [0.2, 0.25) is 0 Å². The average Bonchev–Trinajstić information content (AvgIpc) is 2.87. The van der Waals surface area contributed by atoms with Crippen molar-refractivity contribution in [3.63, 3.8) is 0 Å². The first kappa shape index (κ1) is 19.7. The third-order valence-corrected chi connectivity index (χ3v) is 5.56. The Bertz CT molecular complexity index is 1300. The number of nitrogens with zero attached hydrogens (tertiary/aromatic N) is 5. The van der Waals surface area contributed by atoms with Crippen molar-refractivity contribution in [2.75, 3.05) is 41.3 Å². The van der Waals surface area contributed by atoms with E-state index in [4.69, 9.17) is 0 Å². The Morgan fingerprint density at radius 2 is 1.47 bits per heavy atom. The van der Waals surface area contributed by atoms with Gasteiger partial charge >= 0.3 is 0 Å². The Labute approximate surface area is 184 Å². The van der Waals surface area contributed by atoms with Gasteiger partial charge in [-0.25, -0.2) is 4.98 Å². The zero-order chi connectivity index (χ0) is 21.9. The molecule has 2 aromatic carbocycles. The Morgan fingerprint density at radius 1 is 0.812 bits per heavy atom. The summed E-state index contributed by atoms with van der Waals surface area (Å²) in [6.45, 7) is 3.31. The van der Waals surface area contributed by atoms with Gasteiger partial charge in [0.1, 0.15) is 11.5 Å². The number of piperazine rings is 1. The van der Waals surface area contributed by atoms with E-state index >= 15 is 0 Å². The molecular weight excluding hydrogens is 404 g/mol. The van der Waals surface area contributed by atoms with Crippen LogP contribution in [0.15, 0.2) is 83.8 Å². The monoisotopic (exact) mass is 426 g/mol. The van der Waals surface area contributed by atoms with Gasteiger partial charge in [0, 0.05) is 37.4 Å². The summed E-state index contributed by atoms with van der Waals surface area (Å²) in [7, 11) is 0. The number of benzene rings is 2. The zero-order valence-corrected chi connectivity index (χ0v) is 17.4. The number of hydrogen-bond donors (Lipinski definition) is 1. The van der Waals surface area contributed by atoms with Crippen LogP contribution < -0.4 is 20.7 Å². The fourth-order valence-electron chi connectivity index (χ4n) is 3.82. The molecule has 1 N–H and O–H groups in total. The van der Waals surface area contributed by atoms with Crippen molar-refractivity contribution in [3.8, 4) is 0 Å². The van der Waals surface area contributed by atoms with E-state index in [0.29, 0.717) is 17.0 Å². The molecule has 5 rings (SSSR count). The largest absolute Gasteiger partial charge is 0.368 e. The molecule has 8 heteroatoms. The van der Waals surface area contributed by atoms with Crippen molar-refractivity contribution in [1.82, 2.24) is 14.6 Å². The molecule has 0 unspecified atom stereocenters. The number of nitrogens with one attached hydrogen (secondary N) is 1. The SMILES string of the molecule is O=C(Nc1cnc2ccc(N3CCN(c4ccccc4)CC3)nn2c1=O)c1ccccc1. The lowest BCUT2D eigenvalue weighted by molar-refractivity contribution is 0.102.